The minimum atomic E-state index is -1.20. The van der Waals surface area contributed by atoms with Crippen LogP contribution in [0.25, 0.3) is 0 Å². The minimum Gasteiger partial charge on any atom is -0.493 e. The van der Waals surface area contributed by atoms with E-state index in [0.29, 0.717) is 13.0 Å². The Morgan fingerprint density at radius 2 is 2.36 bits per heavy atom. The lowest BCUT2D eigenvalue weighted by molar-refractivity contribution is 0.0974. The van der Waals surface area contributed by atoms with Crippen LogP contribution in [0, 0.1) is 0 Å². The van der Waals surface area contributed by atoms with Crippen LogP contribution in [-0.4, -0.2) is 48.0 Å². The maximum Gasteiger partial charge on any atom is 0.405 e. The minimum absolute atomic E-state index is 0.00330. The number of rotatable bonds is 7. The molecule has 1 heterocycles. The lowest BCUT2D eigenvalue weighted by atomic mass is 10.0. The van der Waals surface area contributed by atoms with Gasteiger partial charge in [-0.1, -0.05) is 17.3 Å². The number of amides is 1. The maximum absolute atomic E-state index is 10.9. The van der Waals surface area contributed by atoms with Crippen LogP contribution in [0.2, 0.25) is 0 Å². The van der Waals surface area contributed by atoms with Gasteiger partial charge in [-0.3, -0.25) is 0 Å². The predicted molar refractivity (Wildman–Crippen MR) is 79.0 cm³/mol. The molecule has 1 amide bonds. The van der Waals surface area contributed by atoms with Gasteiger partial charge in [0.05, 0.1) is 19.3 Å². The summed E-state index contributed by atoms with van der Waals surface area (Å²) in [6.07, 6.45) is -0.0179. The van der Waals surface area contributed by atoms with E-state index in [4.69, 9.17) is 25.5 Å². The number of ether oxygens (including phenoxy) is 1. The number of aliphatic hydroxyl groups excluding tert-OH is 1. The van der Waals surface area contributed by atoms with E-state index in [9.17, 15) is 4.79 Å². The van der Waals surface area contributed by atoms with Crippen molar-refractivity contribution in [2.24, 2.45) is 10.9 Å². The number of nitrogens with two attached hydrogens (primary N) is 1. The van der Waals surface area contributed by atoms with Crippen molar-refractivity contribution < 1.29 is 24.6 Å². The second-order valence-electron chi connectivity index (χ2n) is 4.82. The summed E-state index contributed by atoms with van der Waals surface area (Å²) in [5, 5.41) is 23.5. The zero-order chi connectivity index (χ0) is 15.9. The van der Waals surface area contributed by atoms with E-state index in [0.717, 1.165) is 23.3 Å². The summed E-state index contributed by atoms with van der Waals surface area (Å²) in [6, 6.07) is 4.99. The van der Waals surface area contributed by atoms with Crippen molar-refractivity contribution in [2.75, 3.05) is 19.8 Å². The molecule has 0 aromatic heterocycles. The number of nitrogens with zero attached hydrogens (tertiary/aromatic N) is 1. The molecular formula is C14H19N3O5. The molecule has 8 heteroatoms. The van der Waals surface area contributed by atoms with Gasteiger partial charge in [0.1, 0.15) is 12.4 Å². The lowest BCUT2D eigenvalue weighted by Crippen LogP contribution is -2.45. The van der Waals surface area contributed by atoms with Gasteiger partial charge in [-0.15, -0.1) is 0 Å². The van der Waals surface area contributed by atoms with Crippen molar-refractivity contribution >= 4 is 11.9 Å². The first kappa shape index (κ1) is 15.9. The molecule has 1 aromatic carbocycles. The topological polar surface area (TPSA) is 126 Å². The van der Waals surface area contributed by atoms with Crippen LogP contribution in [0.5, 0.6) is 5.75 Å². The zero-order valence-corrected chi connectivity index (χ0v) is 12.0. The smallest absolute Gasteiger partial charge is 0.405 e. The molecule has 8 nitrogen and oxygen atoms in total. The van der Waals surface area contributed by atoms with Crippen molar-refractivity contribution in [3.05, 3.63) is 29.3 Å². The zero-order valence-electron chi connectivity index (χ0n) is 12.0. The Morgan fingerprint density at radius 3 is 3.09 bits per heavy atom. The molecule has 22 heavy (non-hydrogen) atoms. The summed E-state index contributed by atoms with van der Waals surface area (Å²) in [4.78, 5) is 15.7. The van der Waals surface area contributed by atoms with E-state index in [1.807, 2.05) is 18.2 Å². The average molecular weight is 309 g/mol. The molecular weight excluding hydrogens is 290 g/mol. The van der Waals surface area contributed by atoms with Crippen LogP contribution in [0.15, 0.2) is 23.4 Å². The largest absolute Gasteiger partial charge is 0.493 e. The van der Waals surface area contributed by atoms with E-state index in [2.05, 4.69) is 10.5 Å². The highest BCUT2D eigenvalue weighted by molar-refractivity contribution is 5.88. The van der Waals surface area contributed by atoms with Crippen molar-refractivity contribution in [2.45, 2.75) is 18.9 Å². The van der Waals surface area contributed by atoms with E-state index in [1.165, 1.54) is 0 Å². The van der Waals surface area contributed by atoms with Gasteiger partial charge in [0, 0.05) is 12.8 Å². The van der Waals surface area contributed by atoms with E-state index in [1.54, 1.807) is 0 Å². The predicted octanol–water partition coefficient (Wildman–Crippen LogP) is 0.0813. The number of hydrogen-bond acceptors (Lipinski definition) is 5. The Kier molecular flexibility index (Phi) is 5.42. The van der Waals surface area contributed by atoms with E-state index < -0.39 is 12.1 Å². The summed E-state index contributed by atoms with van der Waals surface area (Å²) in [6.45, 7) is 0.462. The molecule has 0 bridgehead atoms. The Labute approximate surface area is 127 Å². The van der Waals surface area contributed by atoms with Gasteiger partial charge in [0.25, 0.3) is 0 Å². The number of carboxylic acid groups (broad SMARTS) is 1. The highest BCUT2D eigenvalue weighted by Crippen LogP contribution is 2.26. The fourth-order valence-electron chi connectivity index (χ4n) is 2.21. The first-order valence-corrected chi connectivity index (χ1v) is 6.90. The summed E-state index contributed by atoms with van der Waals surface area (Å²) >= 11 is 0. The summed E-state index contributed by atoms with van der Waals surface area (Å²) in [7, 11) is 0. The highest BCUT2D eigenvalue weighted by Gasteiger charge is 2.19. The van der Waals surface area contributed by atoms with Gasteiger partial charge in [-0.05, 0) is 17.2 Å². The van der Waals surface area contributed by atoms with Crippen molar-refractivity contribution in [1.82, 2.24) is 5.32 Å². The van der Waals surface area contributed by atoms with Gasteiger partial charge in [0.15, 0.2) is 5.84 Å². The Morgan fingerprint density at radius 1 is 1.55 bits per heavy atom. The first-order valence-electron chi connectivity index (χ1n) is 6.90. The van der Waals surface area contributed by atoms with Crippen LogP contribution < -0.4 is 15.8 Å². The SMILES string of the molecule is NC(=NOCCO)[C@H](Cc1ccc2c(c1)CCO2)NC(=O)O. The molecule has 0 saturated heterocycles. The second-order valence-corrected chi connectivity index (χ2v) is 4.82. The van der Waals surface area contributed by atoms with Crippen molar-refractivity contribution in [1.29, 1.82) is 0 Å². The Hall–Kier alpha value is -2.48. The number of hydrogen-bond donors (Lipinski definition) is 4. The van der Waals surface area contributed by atoms with E-state index in [-0.39, 0.29) is 19.0 Å². The molecule has 1 aliphatic rings. The number of carbonyl (C=O) groups is 1. The summed E-state index contributed by atoms with van der Waals surface area (Å²) < 4.78 is 5.43. The average Bonchev–Trinajstić information content (AvgIpc) is 2.93. The molecule has 120 valence electrons. The second kappa shape index (κ2) is 7.51. The van der Waals surface area contributed by atoms with Crippen LogP contribution in [0.3, 0.4) is 0 Å². The number of fused-ring (bicyclic) bond motifs is 1. The van der Waals surface area contributed by atoms with Crippen LogP contribution >= 0.6 is 0 Å². The van der Waals surface area contributed by atoms with Gasteiger partial charge in [0.2, 0.25) is 0 Å². The number of aliphatic hydroxyl groups is 1. The lowest BCUT2D eigenvalue weighted by Gasteiger charge is -2.16. The summed E-state index contributed by atoms with van der Waals surface area (Å²) in [5.41, 5.74) is 7.78. The summed E-state index contributed by atoms with van der Waals surface area (Å²) in [5.74, 6) is 0.868. The van der Waals surface area contributed by atoms with Crippen LogP contribution in [0.1, 0.15) is 11.1 Å². The number of nitrogens with one attached hydrogen (secondary N) is 1. The maximum atomic E-state index is 10.9. The number of oxime groups is 1. The van der Waals surface area contributed by atoms with Gasteiger partial charge < -0.3 is 30.8 Å². The fraction of sp³-hybridized carbons (Fsp3) is 0.429. The Balaban J connectivity index is 2.08. The molecule has 5 N–H and O–H groups in total. The number of benzene rings is 1. The quantitative estimate of drug-likeness (QED) is 0.244. The third kappa shape index (κ3) is 4.26. The van der Waals surface area contributed by atoms with E-state index >= 15 is 0 Å². The molecule has 0 aliphatic carbocycles. The van der Waals surface area contributed by atoms with Crippen LogP contribution in [0.4, 0.5) is 4.79 Å². The third-order valence-corrected chi connectivity index (χ3v) is 3.20. The molecule has 1 aliphatic heterocycles. The number of amidine groups is 1. The third-order valence-electron chi connectivity index (χ3n) is 3.20. The molecule has 0 unspecified atom stereocenters. The van der Waals surface area contributed by atoms with Gasteiger partial charge in [-0.25, -0.2) is 4.79 Å². The molecule has 0 fully saturated rings. The fourth-order valence-corrected chi connectivity index (χ4v) is 2.21. The molecule has 0 spiro atoms. The van der Waals surface area contributed by atoms with Crippen molar-refractivity contribution in [3.63, 3.8) is 0 Å². The van der Waals surface area contributed by atoms with Gasteiger partial charge in [-0.2, -0.15) is 0 Å². The molecule has 1 aromatic rings. The molecule has 2 rings (SSSR count). The van der Waals surface area contributed by atoms with Crippen LogP contribution in [-0.2, 0) is 17.7 Å². The first-order chi connectivity index (χ1) is 10.6. The molecule has 0 saturated carbocycles. The molecule has 1 atom stereocenters. The Bertz CT molecular complexity index is 561. The van der Waals surface area contributed by atoms with Gasteiger partial charge >= 0.3 is 6.09 Å². The standard InChI is InChI=1S/C14H19N3O5/c15-13(17-22-6-4-18)11(16-14(19)20)8-9-1-2-12-10(7-9)3-5-21-12/h1-2,7,11,16,18H,3-6,8H2,(H2,15,17)(H,19,20)/t11-/m0/s1. The highest BCUT2D eigenvalue weighted by atomic mass is 16.6. The normalized spacial score (nSPS) is 14.9. The van der Waals surface area contributed by atoms with Crippen molar-refractivity contribution in [3.8, 4) is 5.75 Å². The monoisotopic (exact) mass is 309 g/mol. The molecule has 0 radical (unpaired) electrons.